The second kappa shape index (κ2) is 7.85. The summed E-state index contributed by atoms with van der Waals surface area (Å²) < 4.78 is 13.6. The van der Waals surface area contributed by atoms with Gasteiger partial charge >= 0.3 is 6.03 Å². The number of hydrogen-bond acceptors (Lipinski definition) is 2. The van der Waals surface area contributed by atoms with E-state index in [1.54, 1.807) is 24.0 Å². The van der Waals surface area contributed by atoms with Gasteiger partial charge in [0, 0.05) is 37.8 Å². The van der Waals surface area contributed by atoms with Crippen molar-refractivity contribution in [3.8, 4) is 0 Å². The number of urea groups is 1. The molecule has 136 valence electrons. The Morgan fingerprint density at radius 1 is 1.04 bits per heavy atom. The SMILES string of the molecule is Cc1ccc(NC(=O)N2CCN(C(=O)C3CCCCC3)CC2)cc1F. The third kappa shape index (κ3) is 4.30. The minimum absolute atomic E-state index is 0.171. The van der Waals surface area contributed by atoms with Crippen molar-refractivity contribution in [2.45, 2.75) is 39.0 Å². The number of amides is 3. The van der Waals surface area contributed by atoms with E-state index in [1.165, 1.54) is 12.5 Å². The summed E-state index contributed by atoms with van der Waals surface area (Å²) in [5.41, 5.74) is 1.00. The van der Waals surface area contributed by atoms with Gasteiger partial charge in [0.15, 0.2) is 0 Å². The lowest BCUT2D eigenvalue weighted by Gasteiger charge is -2.37. The zero-order valence-corrected chi connectivity index (χ0v) is 14.8. The lowest BCUT2D eigenvalue weighted by Crippen LogP contribution is -2.53. The molecule has 1 aromatic rings. The number of halogens is 1. The molecule has 1 heterocycles. The molecule has 6 heteroatoms. The van der Waals surface area contributed by atoms with Crippen LogP contribution in [0.1, 0.15) is 37.7 Å². The molecule has 25 heavy (non-hydrogen) atoms. The van der Waals surface area contributed by atoms with E-state index in [4.69, 9.17) is 0 Å². The van der Waals surface area contributed by atoms with E-state index in [0.29, 0.717) is 37.4 Å². The lowest BCUT2D eigenvalue weighted by molar-refractivity contribution is -0.138. The Bertz CT molecular complexity index is 636. The Morgan fingerprint density at radius 3 is 2.32 bits per heavy atom. The number of piperazine rings is 1. The largest absolute Gasteiger partial charge is 0.339 e. The molecule has 5 nitrogen and oxygen atoms in total. The molecular weight excluding hydrogens is 321 g/mol. The Kier molecular flexibility index (Phi) is 5.56. The van der Waals surface area contributed by atoms with Crippen molar-refractivity contribution in [3.05, 3.63) is 29.6 Å². The van der Waals surface area contributed by atoms with Crippen LogP contribution in [0.2, 0.25) is 0 Å². The third-order valence-corrected chi connectivity index (χ3v) is 5.26. The molecule has 2 aliphatic rings. The number of aryl methyl sites for hydroxylation is 1. The highest BCUT2D eigenvalue weighted by Gasteiger charge is 2.29. The van der Waals surface area contributed by atoms with Crippen LogP contribution in [0.4, 0.5) is 14.9 Å². The average Bonchev–Trinajstić information content (AvgIpc) is 2.65. The number of benzene rings is 1. The van der Waals surface area contributed by atoms with Gasteiger partial charge in [0.2, 0.25) is 5.91 Å². The van der Waals surface area contributed by atoms with Crippen molar-refractivity contribution < 1.29 is 14.0 Å². The van der Waals surface area contributed by atoms with Crippen LogP contribution in [0, 0.1) is 18.7 Å². The zero-order valence-electron chi connectivity index (χ0n) is 14.8. The maximum atomic E-state index is 13.6. The molecule has 3 amide bonds. The highest BCUT2D eigenvalue weighted by molar-refractivity contribution is 5.89. The Labute approximate surface area is 148 Å². The molecule has 1 aliphatic heterocycles. The van der Waals surface area contributed by atoms with Crippen molar-refractivity contribution >= 4 is 17.6 Å². The summed E-state index contributed by atoms with van der Waals surface area (Å²) in [6, 6.07) is 4.43. The average molecular weight is 347 g/mol. The first-order valence-corrected chi connectivity index (χ1v) is 9.15. The van der Waals surface area contributed by atoms with E-state index >= 15 is 0 Å². The van der Waals surface area contributed by atoms with Gasteiger partial charge < -0.3 is 15.1 Å². The van der Waals surface area contributed by atoms with Crippen LogP contribution in [-0.4, -0.2) is 47.9 Å². The van der Waals surface area contributed by atoms with E-state index in [2.05, 4.69) is 5.32 Å². The molecule has 0 spiro atoms. The summed E-state index contributed by atoms with van der Waals surface area (Å²) in [5, 5.41) is 2.73. The van der Waals surface area contributed by atoms with Gasteiger partial charge in [0.25, 0.3) is 0 Å². The molecular formula is C19H26FN3O2. The zero-order chi connectivity index (χ0) is 17.8. The standard InChI is InChI=1S/C19H26FN3O2/c1-14-7-8-16(13-17(14)20)21-19(25)23-11-9-22(10-12-23)18(24)15-5-3-2-4-6-15/h7-8,13,15H,2-6,9-12H2,1H3,(H,21,25). The predicted molar refractivity (Wildman–Crippen MR) is 94.9 cm³/mol. The Balaban J connectivity index is 1.50. The Hall–Kier alpha value is -2.11. The number of nitrogens with zero attached hydrogens (tertiary/aromatic N) is 2. The summed E-state index contributed by atoms with van der Waals surface area (Å²) in [4.78, 5) is 28.5. The van der Waals surface area contributed by atoms with Gasteiger partial charge in [-0.1, -0.05) is 25.3 Å². The third-order valence-electron chi connectivity index (χ3n) is 5.26. The maximum absolute atomic E-state index is 13.6. The van der Waals surface area contributed by atoms with Crippen LogP contribution < -0.4 is 5.32 Å². The molecule has 1 saturated carbocycles. The van der Waals surface area contributed by atoms with E-state index in [0.717, 1.165) is 25.7 Å². The lowest BCUT2D eigenvalue weighted by atomic mass is 9.88. The monoisotopic (exact) mass is 347 g/mol. The van der Waals surface area contributed by atoms with Crippen LogP contribution in [0.5, 0.6) is 0 Å². The first-order valence-electron chi connectivity index (χ1n) is 9.15. The predicted octanol–water partition coefficient (Wildman–Crippen LogP) is 3.39. The summed E-state index contributed by atoms with van der Waals surface area (Å²) in [6.07, 6.45) is 5.52. The fourth-order valence-corrected chi connectivity index (χ4v) is 3.61. The topological polar surface area (TPSA) is 52.7 Å². The van der Waals surface area contributed by atoms with Crippen molar-refractivity contribution in [1.82, 2.24) is 9.80 Å². The molecule has 1 aliphatic carbocycles. The summed E-state index contributed by atoms with van der Waals surface area (Å²) in [7, 11) is 0. The number of hydrogen-bond donors (Lipinski definition) is 1. The molecule has 1 aromatic carbocycles. The number of anilines is 1. The summed E-state index contributed by atoms with van der Waals surface area (Å²) >= 11 is 0. The highest BCUT2D eigenvalue weighted by Crippen LogP contribution is 2.26. The van der Waals surface area contributed by atoms with Crippen LogP contribution >= 0.6 is 0 Å². The second-order valence-electron chi connectivity index (χ2n) is 7.04. The van der Waals surface area contributed by atoms with Gasteiger partial charge in [-0.05, 0) is 37.5 Å². The van der Waals surface area contributed by atoms with Gasteiger partial charge in [-0.15, -0.1) is 0 Å². The molecule has 0 aromatic heterocycles. The van der Waals surface area contributed by atoms with Crippen molar-refractivity contribution in [2.24, 2.45) is 5.92 Å². The van der Waals surface area contributed by atoms with E-state index in [-0.39, 0.29) is 23.7 Å². The van der Waals surface area contributed by atoms with Crippen molar-refractivity contribution in [3.63, 3.8) is 0 Å². The fourth-order valence-electron chi connectivity index (χ4n) is 3.61. The van der Waals surface area contributed by atoms with Crippen molar-refractivity contribution in [2.75, 3.05) is 31.5 Å². The second-order valence-corrected chi connectivity index (χ2v) is 7.04. The normalized spacial score (nSPS) is 19.0. The van der Waals surface area contributed by atoms with E-state index in [1.807, 2.05) is 4.90 Å². The van der Waals surface area contributed by atoms with Gasteiger partial charge in [0.1, 0.15) is 5.82 Å². The first kappa shape index (κ1) is 17.7. The summed E-state index contributed by atoms with van der Waals surface area (Å²) in [6.45, 7) is 3.86. The van der Waals surface area contributed by atoms with Crippen molar-refractivity contribution in [1.29, 1.82) is 0 Å². The minimum Gasteiger partial charge on any atom is -0.339 e. The molecule has 3 rings (SSSR count). The van der Waals surface area contributed by atoms with E-state index < -0.39 is 0 Å². The molecule has 1 saturated heterocycles. The molecule has 1 N–H and O–H groups in total. The smallest absolute Gasteiger partial charge is 0.321 e. The Morgan fingerprint density at radius 2 is 1.68 bits per heavy atom. The van der Waals surface area contributed by atoms with Crippen LogP contribution in [-0.2, 0) is 4.79 Å². The number of rotatable bonds is 2. The van der Waals surface area contributed by atoms with Gasteiger partial charge in [-0.2, -0.15) is 0 Å². The molecule has 0 atom stereocenters. The number of carbonyl (C=O) groups is 2. The molecule has 0 radical (unpaired) electrons. The quantitative estimate of drug-likeness (QED) is 0.891. The first-order chi connectivity index (χ1) is 12.0. The summed E-state index contributed by atoms with van der Waals surface area (Å²) in [5.74, 6) is 0.0886. The number of carbonyl (C=O) groups excluding carboxylic acids is 2. The van der Waals surface area contributed by atoms with Crippen LogP contribution in [0.3, 0.4) is 0 Å². The fraction of sp³-hybridized carbons (Fsp3) is 0.579. The molecule has 0 unspecified atom stereocenters. The van der Waals surface area contributed by atoms with Crippen LogP contribution in [0.15, 0.2) is 18.2 Å². The highest BCUT2D eigenvalue weighted by atomic mass is 19.1. The number of nitrogens with one attached hydrogen (secondary N) is 1. The van der Waals surface area contributed by atoms with E-state index in [9.17, 15) is 14.0 Å². The molecule has 2 fully saturated rings. The van der Waals surface area contributed by atoms with Gasteiger partial charge in [-0.3, -0.25) is 4.79 Å². The molecule has 0 bridgehead atoms. The van der Waals surface area contributed by atoms with Gasteiger partial charge in [0.05, 0.1) is 0 Å². The maximum Gasteiger partial charge on any atom is 0.321 e. The minimum atomic E-state index is -0.333. The van der Waals surface area contributed by atoms with Gasteiger partial charge in [-0.25, -0.2) is 9.18 Å². The van der Waals surface area contributed by atoms with Crippen LogP contribution in [0.25, 0.3) is 0 Å².